The molecule has 0 spiro atoms. The zero-order valence-electron chi connectivity index (χ0n) is 9.91. The van der Waals surface area contributed by atoms with Crippen LogP contribution in [0.5, 0.6) is 0 Å². The average Bonchev–Trinajstić information content (AvgIpc) is 2.73. The van der Waals surface area contributed by atoms with Gasteiger partial charge in [-0.2, -0.15) is 0 Å². The molecule has 0 unspecified atom stereocenters. The van der Waals surface area contributed by atoms with Gasteiger partial charge in [-0.3, -0.25) is 9.13 Å². The predicted molar refractivity (Wildman–Crippen MR) is 73.2 cm³/mol. The third-order valence-corrected chi connectivity index (χ3v) is 6.78. The van der Waals surface area contributed by atoms with Crippen LogP contribution in [-0.2, 0) is 15.7 Å². The van der Waals surface area contributed by atoms with Gasteiger partial charge in [-0.05, 0) is 0 Å². The molecule has 0 bridgehead atoms. The molecule has 0 aromatic carbocycles. The van der Waals surface area contributed by atoms with Crippen LogP contribution < -0.4 is 0 Å². The summed E-state index contributed by atoms with van der Waals surface area (Å²) in [5.74, 6) is 0. The summed E-state index contributed by atoms with van der Waals surface area (Å²) in [6.07, 6.45) is 1.09. The molecule has 10 nitrogen and oxygen atoms in total. The molecular formula is C7H8Cl2N4O6P2. The Morgan fingerprint density at radius 1 is 1.10 bits per heavy atom. The van der Waals surface area contributed by atoms with Gasteiger partial charge in [0, 0.05) is 0 Å². The maximum Gasteiger partial charge on any atom is 0.342 e. The van der Waals surface area contributed by atoms with Crippen molar-refractivity contribution in [1.82, 2.24) is 19.7 Å². The monoisotopic (exact) mass is 376 g/mol. The molecule has 0 aliphatic carbocycles. The molecule has 14 heteroatoms. The van der Waals surface area contributed by atoms with Crippen molar-refractivity contribution in [2.45, 2.75) is 11.9 Å². The van der Waals surface area contributed by atoms with E-state index >= 15 is 0 Å². The molecule has 0 amide bonds. The number of hydrogen-bond acceptors (Lipinski definition) is 5. The van der Waals surface area contributed by atoms with E-state index < -0.39 is 27.1 Å². The molecule has 21 heavy (non-hydrogen) atoms. The Morgan fingerprint density at radius 3 is 2.14 bits per heavy atom. The largest absolute Gasteiger partial charge is 0.342 e. The minimum Gasteiger partial charge on any atom is -0.326 e. The fraction of sp³-hybridized carbons (Fsp3) is 0.286. The molecule has 2 rings (SSSR count). The van der Waals surface area contributed by atoms with Gasteiger partial charge >= 0.3 is 15.2 Å². The lowest BCUT2D eigenvalue weighted by Gasteiger charge is -2.20. The Hall–Kier alpha value is -0.570. The molecule has 0 saturated carbocycles. The molecule has 0 atom stereocenters. The summed E-state index contributed by atoms with van der Waals surface area (Å²) >= 11 is 11.5. The highest BCUT2D eigenvalue weighted by Crippen LogP contribution is 2.60. The fourth-order valence-corrected chi connectivity index (χ4v) is 4.41. The number of rotatable bonds is 4. The summed E-state index contributed by atoms with van der Waals surface area (Å²) in [6.45, 7) is -0.715. The number of halogens is 2. The first-order valence-electron chi connectivity index (χ1n) is 5.14. The first-order chi connectivity index (χ1) is 9.51. The van der Waals surface area contributed by atoms with E-state index in [1.165, 1.54) is 0 Å². The van der Waals surface area contributed by atoms with Crippen LogP contribution in [0.25, 0.3) is 11.0 Å². The normalized spacial score (nSPS) is 13.3. The topological polar surface area (TPSA) is 159 Å². The molecule has 0 aliphatic heterocycles. The van der Waals surface area contributed by atoms with Crippen LogP contribution in [0.15, 0.2) is 6.33 Å². The van der Waals surface area contributed by atoms with Crippen molar-refractivity contribution in [2.75, 3.05) is 0 Å². The van der Waals surface area contributed by atoms with E-state index in [1.54, 1.807) is 0 Å². The average molecular weight is 377 g/mol. The molecule has 0 fully saturated rings. The molecule has 0 radical (unpaired) electrons. The van der Waals surface area contributed by atoms with E-state index in [1.807, 2.05) is 0 Å². The Labute approximate surface area is 127 Å². The minimum atomic E-state index is -5.07. The van der Waals surface area contributed by atoms with Gasteiger partial charge in [-0.15, -0.1) is 10.2 Å². The second kappa shape index (κ2) is 5.57. The minimum absolute atomic E-state index is 0.0727. The quantitative estimate of drug-likeness (QED) is 0.566. The standard InChI is InChI=1S/C7H8Cl2N4O6P2/c8-6-4-5(7(9)12-11-6)13(2-10-4)1-3(20(14,15)16)21(17,18)19/h2-3H,1H2,(H2,14,15,16)(H2,17,18,19). The van der Waals surface area contributed by atoms with E-state index in [0.717, 1.165) is 10.9 Å². The lowest BCUT2D eigenvalue weighted by molar-refractivity contribution is 0.332. The van der Waals surface area contributed by atoms with Gasteiger partial charge in [0.15, 0.2) is 15.7 Å². The maximum atomic E-state index is 11.3. The number of aromatic nitrogens is 4. The zero-order chi connectivity index (χ0) is 16.0. The Balaban J connectivity index is 2.55. The molecular weight excluding hydrogens is 369 g/mol. The summed E-state index contributed by atoms with van der Waals surface area (Å²) < 4.78 is 23.6. The van der Waals surface area contributed by atoms with Crippen LogP contribution in [0, 0.1) is 0 Å². The lowest BCUT2D eigenvalue weighted by atomic mass is 10.4. The van der Waals surface area contributed by atoms with E-state index in [0.29, 0.717) is 0 Å². The lowest BCUT2D eigenvalue weighted by Crippen LogP contribution is -2.17. The number of imidazole rings is 1. The van der Waals surface area contributed by atoms with E-state index in [2.05, 4.69) is 15.2 Å². The van der Waals surface area contributed by atoms with Crippen molar-refractivity contribution in [2.24, 2.45) is 0 Å². The number of fused-ring (bicyclic) bond motifs is 1. The third-order valence-electron chi connectivity index (χ3n) is 2.59. The Bertz CT molecular complexity index is 763. The van der Waals surface area contributed by atoms with Gasteiger partial charge in [-0.1, -0.05) is 23.2 Å². The zero-order valence-corrected chi connectivity index (χ0v) is 13.2. The van der Waals surface area contributed by atoms with Gasteiger partial charge in [0.25, 0.3) is 0 Å². The highest BCUT2D eigenvalue weighted by Gasteiger charge is 2.43. The van der Waals surface area contributed by atoms with Crippen LogP contribution in [0.2, 0.25) is 10.3 Å². The third kappa shape index (κ3) is 3.44. The molecule has 0 saturated heterocycles. The summed E-state index contributed by atoms with van der Waals surface area (Å²) in [7, 11) is -10.1. The smallest absolute Gasteiger partial charge is 0.326 e. The van der Waals surface area contributed by atoms with Crippen LogP contribution in [-0.4, -0.2) is 44.7 Å². The summed E-state index contributed by atoms with van der Waals surface area (Å²) in [5.41, 5.74) is 0.176. The molecule has 0 aliphatic rings. The molecule has 2 aromatic heterocycles. The van der Waals surface area contributed by atoms with Gasteiger partial charge in [0.1, 0.15) is 11.0 Å². The highest BCUT2D eigenvalue weighted by atomic mass is 35.5. The van der Waals surface area contributed by atoms with Crippen molar-refractivity contribution in [3.63, 3.8) is 0 Å². The van der Waals surface area contributed by atoms with Crippen molar-refractivity contribution >= 4 is 49.4 Å². The summed E-state index contributed by atoms with van der Waals surface area (Å²) in [4.78, 5) is 40.3. The van der Waals surface area contributed by atoms with Gasteiger partial charge in [0.2, 0.25) is 0 Å². The predicted octanol–water partition coefficient (Wildman–Crippen LogP) is 0.815. The van der Waals surface area contributed by atoms with Crippen molar-refractivity contribution in [1.29, 1.82) is 0 Å². The Kier molecular flexibility index (Phi) is 4.45. The summed E-state index contributed by atoms with van der Waals surface area (Å²) in [6, 6.07) is 0. The van der Waals surface area contributed by atoms with Crippen molar-refractivity contribution in [3.8, 4) is 0 Å². The van der Waals surface area contributed by atoms with Gasteiger partial charge in [0.05, 0.1) is 12.9 Å². The van der Waals surface area contributed by atoms with Crippen LogP contribution in [0.3, 0.4) is 0 Å². The second-order valence-electron chi connectivity index (χ2n) is 4.03. The maximum absolute atomic E-state index is 11.3. The van der Waals surface area contributed by atoms with Gasteiger partial charge < -0.3 is 24.1 Å². The first-order valence-corrected chi connectivity index (χ1v) is 9.26. The van der Waals surface area contributed by atoms with Crippen molar-refractivity contribution in [3.05, 3.63) is 16.6 Å². The molecule has 2 heterocycles. The second-order valence-corrected chi connectivity index (χ2v) is 8.76. The van der Waals surface area contributed by atoms with Gasteiger partial charge in [-0.25, -0.2) is 4.98 Å². The SMILES string of the molecule is O=P(O)(O)C(Cn1cnc2c(Cl)nnc(Cl)c21)P(=O)(O)O. The molecule has 4 N–H and O–H groups in total. The first kappa shape index (κ1) is 16.8. The van der Waals surface area contributed by atoms with Crippen molar-refractivity contribution < 1.29 is 28.7 Å². The van der Waals surface area contributed by atoms with E-state index in [4.69, 9.17) is 42.8 Å². The molecule has 2 aromatic rings. The summed E-state index contributed by atoms with van der Waals surface area (Å²) in [5, 5.41) is 4.51. The van der Waals surface area contributed by atoms with Crippen LogP contribution >= 0.6 is 38.4 Å². The highest BCUT2D eigenvalue weighted by molar-refractivity contribution is 7.70. The number of nitrogens with zero attached hydrogens (tertiary/aromatic N) is 4. The van der Waals surface area contributed by atoms with E-state index in [-0.39, 0.29) is 21.3 Å². The Morgan fingerprint density at radius 2 is 1.62 bits per heavy atom. The number of hydrogen-bond donors (Lipinski definition) is 4. The van der Waals surface area contributed by atoms with E-state index in [9.17, 15) is 9.13 Å². The van der Waals surface area contributed by atoms with Crippen LogP contribution in [0.1, 0.15) is 0 Å². The fourth-order valence-electron chi connectivity index (χ4n) is 1.66. The van der Waals surface area contributed by atoms with Crippen LogP contribution in [0.4, 0.5) is 0 Å². The molecule has 116 valence electrons.